The number of nitrogens with one attached hydrogen (secondary N) is 2. The van der Waals surface area contributed by atoms with Gasteiger partial charge in [0.2, 0.25) is 5.91 Å². The van der Waals surface area contributed by atoms with Gasteiger partial charge in [-0.25, -0.2) is 4.79 Å². The van der Waals surface area contributed by atoms with Gasteiger partial charge in [0.05, 0.1) is 0 Å². The number of amides is 3. The molecule has 3 amide bonds. The fraction of sp³-hybridized carbons (Fsp3) is 0.176. The van der Waals surface area contributed by atoms with Crippen LogP contribution in [0.4, 0.5) is 21.9 Å². The molecule has 1 aliphatic heterocycles. The van der Waals surface area contributed by atoms with E-state index in [4.69, 9.17) is 11.6 Å². The molecule has 0 radical (unpaired) electrons. The van der Waals surface area contributed by atoms with E-state index >= 15 is 0 Å². The maximum absolute atomic E-state index is 12.0. The summed E-state index contributed by atoms with van der Waals surface area (Å²) < 4.78 is 0. The van der Waals surface area contributed by atoms with E-state index in [9.17, 15) is 9.59 Å². The van der Waals surface area contributed by atoms with Crippen LogP contribution in [0, 0.1) is 0 Å². The first-order chi connectivity index (χ1) is 11.1. The average Bonchev–Trinajstić information content (AvgIpc) is 2.94. The average molecular weight is 330 g/mol. The van der Waals surface area contributed by atoms with Gasteiger partial charge in [-0.3, -0.25) is 4.79 Å². The highest BCUT2D eigenvalue weighted by Crippen LogP contribution is 2.23. The number of benzene rings is 2. The molecule has 0 spiro atoms. The molecule has 118 valence electrons. The number of nitrogens with zero attached hydrogens (tertiary/aromatic N) is 1. The van der Waals surface area contributed by atoms with Gasteiger partial charge in [0, 0.05) is 35.1 Å². The predicted molar refractivity (Wildman–Crippen MR) is 92.1 cm³/mol. The summed E-state index contributed by atoms with van der Waals surface area (Å²) >= 11 is 5.88. The zero-order chi connectivity index (χ0) is 16.2. The molecule has 0 unspecified atom stereocenters. The van der Waals surface area contributed by atoms with Gasteiger partial charge in [-0.2, -0.15) is 0 Å². The molecule has 1 saturated heterocycles. The Morgan fingerprint density at radius 2 is 1.78 bits per heavy atom. The number of hydrogen-bond acceptors (Lipinski definition) is 2. The topological polar surface area (TPSA) is 61.4 Å². The van der Waals surface area contributed by atoms with E-state index in [1.807, 2.05) is 12.1 Å². The van der Waals surface area contributed by atoms with Crippen LogP contribution in [0.15, 0.2) is 48.5 Å². The van der Waals surface area contributed by atoms with Crippen LogP contribution in [0.5, 0.6) is 0 Å². The maximum Gasteiger partial charge on any atom is 0.323 e. The van der Waals surface area contributed by atoms with Crippen molar-refractivity contribution in [1.82, 2.24) is 0 Å². The Morgan fingerprint density at radius 1 is 1.04 bits per heavy atom. The molecule has 1 heterocycles. The van der Waals surface area contributed by atoms with Crippen LogP contribution in [0.3, 0.4) is 0 Å². The molecule has 6 heteroatoms. The van der Waals surface area contributed by atoms with E-state index < -0.39 is 0 Å². The number of carbonyl (C=O) groups excluding carboxylic acids is 2. The number of urea groups is 1. The van der Waals surface area contributed by atoms with Crippen molar-refractivity contribution in [1.29, 1.82) is 0 Å². The highest BCUT2D eigenvalue weighted by molar-refractivity contribution is 6.30. The molecule has 3 rings (SSSR count). The fourth-order valence-corrected chi connectivity index (χ4v) is 2.70. The summed E-state index contributed by atoms with van der Waals surface area (Å²) in [5, 5.41) is 6.01. The molecule has 0 bridgehead atoms. The molecule has 0 aromatic heterocycles. The lowest BCUT2D eigenvalue weighted by Gasteiger charge is -2.16. The summed E-state index contributed by atoms with van der Waals surface area (Å²) in [7, 11) is 0. The lowest BCUT2D eigenvalue weighted by Crippen LogP contribution is -2.23. The zero-order valence-electron chi connectivity index (χ0n) is 12.4. The van der Waals surface area contributed by atoms with Crippen LogP contribution in [-0.2, 0) is 4.79 Å². The van der Waals surface area contributed by atoms with Gasteiger partial charge in [0.1, 0.15) is 0 Å². The van der Waals surface area contributed by atoms with Crippen LogP contribution in [0.25, 0.3) is 0 Å². The van der Waals surface area contributed by atoms with Crippen molar-refractivity contribution in [2.45, 2.75) is 12.8 Å². The molecule has 1 aliphatic rings. The first-order valence-electron chi connectivity index (χ1n) is 7.36. The van der Waals surface area contributed by atoms with E-state index in [-0.39, 0.29) is 11.9 Å². The Balaban J connectivity index is 1.61. The minimum atomic E-state index is -0.350. The van der Waals surface area contributed by atoms with Gasteiger partial charge in [0.15, 0.2) is 0 Å². The van der Waals surface area contributed by atoms with Crippen molar-refractivity contribution >= 4 is 40.6 Å². The minimum Gasteiger partial charge on any atom is -0.312 e. The van der Waals surface area contributed by atoms with Crippen LogP contribution in [-0.4, -0.2) is 18.5 Å². The third-order valence-corrected chi connectivity index (χ3v) is 3.83. The molecule has 1 fully saturated rings. The minimum absolute atomic E-state index is 0.143. The Labute approximate surface area is 139 Å². The van der Waals surface area contributed by atoms with E-state index in [1.165, 1.54) is 0 Å². The fourth-order valence-electron chi connectivity index (χ4n) is 2.51. The summed E-state index contributed by atoms with van der Waals surface area (Å²) in [6.45, 7) is 0.751. The van der Waals surface area contributed by atoms with E-state index in [0.29, 0.717) is 22.8 Å². The summed E-state index contributed by atoms with van der Waals surface area (Å²) in [4.78, 5) is 25.4. The SMILES string of the molecule is O=C(Nc1ccc(N2CCCC2=O)cc1)Nc1cccc(Cl)c1. The van der Waals surface area contributed by atoms with Crippen LogP contribution in [0.1, 0.15) is 12.8 Å². The second-order valence-corrected chi connectivity index (χ2v) is 5.72. The van der Waals surface area contributed by atoms with Crippen molar-refractivity contribution < 1.29 is 9.59 Å². The molecule has 0 atom stereocenters. The number of carbonyl (C=O) groups is 2. The first kappa shape index (κ1) is 15.4. The molecule has 2 aromatic rings. The summed E-state index contributed by atoms with van der Waals surface area (Å²) in [5.41, 5.74) is 2.13. The molecule has 0 saturated carbocycles. The van der Waals surface area contributed by atoms with Crippen molar-refractivity contribution in [3.05, 3.63) is 53.6 Å². The number of anilines is 3. The Bertz CT molecular complexity index is 731. The molecule has 0 aliphatic carbocycles. The molecule has 5 nitrogen and oxygen atoms in total. The smallest absolute Gasteiger partial charge is 0.312 e. The molecular formula is C17H16ClN3O2. The largest absolute Gasteiger partial charge is 0.323 e. The predicted octanol–water partition coefficient (Wildman–Crippen LogP) is 4.11. The summed E-state index contributed by atoms with van der Waals surface area (Å²) in [5.74, 6) is 0.143. The van der Waals surface area contributed by atoms with Gasteiger partial charge < -0.3 is 15.5 Å². The highest BCUT2D eigenvalue weighted by atomic mass is 35.5. The second kappa shape index (κ2) is 6.71. The standard InChI is InChI=1S/C17H16ClN3O2/c18-12-3-1-4-14(11-12)20-17(23)19-13-6-8-15(9-7-13)21-10-2-5-16(21)22/h1,3-4,6-9,11H,2,5,10H2,(H2,19,20,23). The van der Waals surface area contributed by atoms with Crippen LogP contribution in [0.2, 0.25) is 5.02 Å². The normalized spacial score (nSPS) is 14.0. The molecular weight excluding hydrogens is 314 g/mol. The van der Waals surface area contributed by atoms with E-state index in [2.05, 4.69) is 10.6 Å². The molecule has 23 heavy (non-hydrogen) atoms. The van der Waals surface area contributed by atoms with Crippen LogP contribution < -0.4 is 15.5 Å². The van der Waals surface area contributed by atoms with Gasteiger partial charge in [-0.05, 0) is 48.9 Å². The lowest BCUT2D eigenvalue weighted by molar-refractivity contribution is -0.117. The van der Waals surface area contributed by atoms with Gasteiger partial charge in [0.25, 0.3) is 0 Å². The van der Waals surface area contributed by atoms with Gasteiger partial charge >= 0.3 is 6.03 Å². The molecule has 2 aromatic carbocycles. The van der Waals surface area contributed by atoms with Gasteiger partial charge in [-0.1, -0.05) is 17.7 Å². The second-order valence-electron chi connectivity index (χ2n) is 5.29. The molecule has 2 N–H and O–H groups in total. The third kappa shape index (κ3) is 3.81. The highest BCUT2D eigenvalue weighted by Gasteiger charge is 2.21. The van der Waals surface area contributed by atoms with E-state index in [1.54, 1.807) is 41.3 Å². The van der Waals surface area contributed by atoms with E-state index in [0.717, 1.165) is 18.7 Å². The summed E-state index contributed by atoms with van der Waals surface area (Å²) in [6.07, 6.45) is 1.49. The number of rotatable bonds is 3. The number of hydrogen-bond donors (Lipinski definition) is 2. The van der Waals surface area contributed by atoms with Crippen molar-refractivity contribution in [2.24, 2.45) is 0 Å². The van der Waals surface area contributed by atoms with Crippen molar-refractivity contribution in [3.63, 3.8) is 0 Å². The summed E-state index contributed by atoms with van der Waals surface area (Å²) in [6, 6.07) is 13.8. The van der Waals surface area contributed by atoms with Gasteiger partial charge in [-0.15, -0.1) is 0 Å². The third-order valence-electron chi connectivity index (χ3n) is 3.59. The first-order valence-corrected chi connectivity index (χ1v) is 7.73. The quantitative estimate of drug-likeness (QED) is 0.890. The zero-order valence-corrected chi connectivity index (χ0v) is 13.1. The monoisotopic (exact) mass is 329 g/mol. The van der Waals surface area contributed by atoms with Crippen molar-refractivity contribution in [2.75, 3.05) is 22.1 Å². The van der Waals surface area contributed by atoms with Crippen molar-refractivity contribution in [3.8, 4) is 0 Å². The Hall–Kier alpha value is -2.53. The Kier molecular flexibility index (Phi) is 4.48. The Morgan fingerprint density at radius 3 is 2.43 bits per heavy atom. The maximum atomic E-state index is 12.0. The lowest BCUT2D eigenvalue weighted by atomic mass is 10.2. The number of halogens is 1. The van der Waals surface area contributed by atoms with Crippen LogP contribution >= 0.6 is 11.6 Å².